The van der Waals surface area contributed by atoms with Gasteiger partial charge in [-0.1, -0.05) is 35.9 Å². The molecule has 0 amide bonds. The largest absolute Gasteiger partial charge is 0.453 e. The standard InChI is InChI=1S/C15H13ClN2O2/c16-14-9-8-12(17-18-14)15(19)20-13-7-3-5-10-4-1-2-6-11(10)13/h1-2,4,6,8-9,13H,3,5,7H2. The lowest BCUT2D eigenvalue weighted by atomic mass is 9.89. The third kappa shape index (κ3) is 2.65. The van der Waals surface area contributed by atoms with Crippen molar-refractivity contribution in [3.8, 4) is 0 Å². The number of nitrogens with zero attached hydrogens (tertiary/aromatic N) is 2. The SMILES string of the molecule is O=C(OC1CCCc2ccccc21)c1ccc(Cl)nn1. The van der Waals surface area contributed by atoms with Gasteiger partial charge in [-0.2, -0.15) is 0 Å². The van der Waals surface area contributed by atoms with Crippen LogP contribution in [0.5, 0.6) is 0 Å². The zero-order valence-corrected chi connectivity index (χ0v) is 11.5. The lowest BCUT2D eigenvalue weighted by molar-refractivity contribution is 0.0248. The summed E-state index contributed by atoms with van der Waals surface area (Å²) in [5.41, 5.74) is 2.52. The number of ether oxygens (including phenoxy) is 1. The molecule has 1 aromatic heterocycles. The molecule has 0 saturated carbocycles. The van der Waals surface area contributed by atoms with Gasteiger partial charge in [0, 0.05) is 0 Å². The summed E-state index contributed by atoms with van der Waals surface area (Å²) in [4.78, 5) is 12.1. The molecule has 1 aliphatic rings. The van der Waals surface area contributed by atoms with E-state index in [0.29, 0.717) is 0 Å². The van der Waals surface area contributed by atoms with Crippen molar-refractivity contribution in [3.05, 3.63) is 58.4 Å². The molecule has 0 fully saturated rings. The fourth-order valence-electron chi connectivity index (χ4n) is 2.45. The molecule has 2 aromatic rings. The number of carbonyl (C=O) groups is 1. The molecule has 1 unspecified atom stereocenters. The monoisotopic (exact) mass is 288 g/mol. The number of carbonyl (C=O) groups excluding carboxylic acids is 1. The predicted octanol–water partition coefficient (Wildman–Crippen LogP) is 3.36. The van der Waals surface area contributed by atoms with E-state index in [2.05, 4.69) is 16.3 Å². The Labute approximate surface area is 121 Å². The molecule has 20 heavy (non-hydrogen) atoms. The highest BCUT2D eigenvalue weighted by Crippen LogP contribution is 2.32. The number of halogens is 1. The Bertz CT molecular complexity index is 628. The average molecular weight is 289 g/mol. The van der Waals surface area contributed by atoms with Crippen LogP contribution in [0.15, 0.2) is 36.4 Å². The molecule has 1 heterocycles. The highest BCUT2D eigenvalue weighted by Gasteiger charge is 2.24. The van der Waals surface area contributed by atoms with E-state index in [4.69, 9.17) is 16.3 Å². The number of benzene rings is 1. The first kappa shape index (κ1) is 13.1. The molecule has 1 atom stereocenters. The Morgan fingerprint density at radius 3 is 2.85 bits per heavy atom. The second kappa shape index (κ2) is 5.59. The van der Waals surface area contributed by atoms with Gasteiger partial charge in [-0.15, -0.1) is 10.2 Å². The van der Waals surface area contributed by atoms with Gasteiger partial charge in [-0.3, -0.25) is 0 Å². The molecule has 0 saturated heterocycles. The van der Waals surface area contributed by atoms with Crippen molar-refractivity contribution in [1.29, 1.82) is 0 Å². The minimum atomic E-state index is -0.462. The summed E-state index contributed by atoms with van der Waals surface area (Å²) in [6, 6.07) is 11.1. The zero-order valence-electron chi connectivity index (χ0n) is 10.8. The fourth-order valence-corrected chi connectivity index (χ4v) is 2.55. The van der Waals surface area contributed by atoms with Crippen LogP contribution in [0.1, 0.15) is 40.6 Å². The van der Waals surface area contributed by atoms with Gasteiger partial charge in [0.2, 0.25) is 0 Å². The van der Waals surface area contributed by atoms with E-state index in [0.717, 1.165) is 24.8 Å². The Balaban J connectivity index is 1.79. The van der Waals surface area contributed by atoms with E-state index in [-0.39, 0.29) is 17.0 Å². The van der Waals surface area contributed by atoms with Crippen molar-refractivity contribution in [3.63, 3.8) is 0 Å². The van der Waals surface area contributed by atoms with E-state index < -0.39 is 5.97 Å². The van der Waals surface area contributed by atoms with Gasteiger partial charge in [-0.25, -0.2) is 4.79 Å². The van der Waals surface area contributed by atoms with E-state index in [1.54, 1.807) is 0 Å². The van der Waals surface area contributed by atoms with E-state index in [1.807, 2.05) is 18.2 Å². The number of aryl methyl sites for hydroxylation is 1. The predicted molar refractivity (Wildman–Crippen MR) is 74.6 cm³/mol. The van der Waals surface area contributed by atoms with Crippen LogP contribution in [0.4, 0.5) is 0 Å². The number of esters is 1. The maximum Gasteiger partial charge on any atom is 0.359 e. The van der Waals surface area contributed by atoms with Crippen LogP contribution in [0.2, 0.25) is 5.15 Å². The molecule has 3 rings (SSSR count). The van der Waals surface area contributed by atoms with Crippen LogP contribution >= 0.6 is 11.6 Å². The van der Waals surface area contributed by atoms with Crippen molar-refractivity contribution >= 4 is 17.6 Å². The molecule has 5 heteroatoms. The average Bonchev–Trinajstić information content (AvgIpc) is 2.48. The van der Waals surface area contributed by atoms with Crippen LogP contribution in [-0.2, 0) is 11.2 Å². The number of hydrogen-bond acceptors (Lipinski definition) is 4. The van der Waals surface area contributed by atoms with Gasteiger partial charge < -0.3 is 4.74 Å². The van der Waals surface area contributed by atoms with Gasteiger partial charge in [0.1, 0.15) is 6.10 Å². The van der Waals surface area contributed by atoms with Crippen LogP contribution < -0.4 is 0 Å². The Morgan fingerprint density at radius 1 is 1.20 bits per heavy atom. The summed E-state index contributed by atoms with van der Waals surface area (Å²) in [5, 5.41) is 7.65. The lowest BCUT2D eigenvalue weighted by Gasteiger charge is -2.25. The van der Waals surface area contributed by atoms with Crippen LogP contribution in [0.3, 0.4) is 0 Å². The second-order valence-electron chi connectivity index (χ2n) is 4.73. The first-order chi connectivity index (χ1) is 9.74. The summed E-state index contributed by atoms with van der Waals surface area (Å²) in [6.45, 7) is 0. The molecular formula is C15H13ClN2O2. The molecule has 0 radical (unpaired) electrons. The zero-order chi connectivity index (χ0) is 13.9. The summed E-state index contributed by atoms with van der Waals surface area (Å²) in [6.07, 6.45) is 2.68. The second-order valence-corrected chi connectivity index (χ2v) is 5.11. The first-order valence-electron chi connectivity index (χ1n) is 6.52. The first-order valence-corrected chi connectivity index (χ1v) is 6.90. The molecule has 0 spiro atoms. The minimum absolute atomic E-state index is 0.178. The van der Waals surface area contributed by atoms with Crippen LogP contribution in [0, 0.1) is 0 Å². The van der Waals surface area contributed by atoms with E-state index in [9.17, 15) is 4.79 Å². The molecule has 0 N–H and O–H groups in total. The molecule has 4 nitrogen and oxygen atoms in total. The fraction of sp³-hybridized carbons (Fsp3) is 0.267. The van der Waals surface area contributed by atoms with Crippen molar-refractivity contribution in [2.24, 2.45) is 0 Å². The van der Waals surface area contributed by atoms with Crippen molar-refractivity contribution in [2.75, 3.05) is 0 Å². The highest BCUT2D eigenvalue weighted by molar-refractivity contribution is 6.29. The van der Waals surface area contributed by atoms with E-state index in [1.165, 1.54) is 17.7 Å². The normalized spacial score (nSPS) is 17.4. The van der Waals surface area contributed by atoms with Gasteiger partial charge in [0.05, 0.1) is 0 Å². The van der Waals surface area contributed by atoms with Crippen LogP contribution in [0.25, 0.3) is 0 Å². The quantitative estimate of drug-likeness (QED) is 0.795. The third-order valence-corrected chi connectivity index (χ3v) is 3.61. The molecule has 0 aliphatic heterocycles. The summed E-state index contributed by atoms with van der Waals surface area (Å²) in [7, 11) is 0. The minimum Gasteiger partial charge on any atom is -0.453 e. The maximum absolute atomic E-state index is 12.1. The summed E-state index contributed by atoms with van der Waals surface area (Å²) >= 11 is 5.65. The van der Waals surface area contributed by atoms with Crippen molar-refractivity contribution in [1.82, 2.24) is 10.2 Å². The van der Waals surface area contributed by atoms with Gasteiger partial charge >= 0.3 is 5.97 Å². The molecule has 1 aliphatic carbocycles. The maximum atomic E-state index is 12.1. The smallest absolute Gasteiger partial charge is 0.359 e. The molecule has 102 valence electrons. The van der Waals surface area contributed by atoms with E-state index >= 15 is 0 Å². The van der Waals surface area contributed by atoms with Gasteiger partial charge in [-0.05, 0) is 42.5 Å². The number of rotatable bonds is 2. The van der Waals surface area contributed by atoms with Gasteiger partial charge in [0.15, 0.2) is 10.8 Å². The Morgan fingerprint density at radius 2 is 2.05 bits per heavy atom. The van der Waals surface area contributed by atoms with Crippen LogP contribution in [-0.4, -0.2) is 16.2 Å². The third-order valence-electron chi connectivity index (χ3n) is 3.40. The molecule has 0 bridgehead atoms. The van der Waals surface area contributed by atoms with Gasteiger partial charge in [0.25, 0.3) is 0 Å². The lowest BCUT2D eigenvalue weighted by Crippen LogP contribution is -2.17. The number of fused-ring (bicyclic) bond motifs is 1. The number of aromatic nitrogens is 2. The topological polar surface area (TPSA) is 52.1 Å². The summed E-state index contributed by atoms with van der Waals surface area (Å²) in [5.74, 6) is -0.462. The summed E-state index contributed by atoms with van der Waals surface area (Å²) < 4.78 is 5.56. The Hall–Kier alpha value is -1.94. The van der Waals surface area contributed by atoms with Crippen molar-refractivity contribution in [2.45, 2.75) is 25.4 Å². The molecular weight excluding hydrogens is 276 g/mol. The molecule has 1 aromatic carbocycles. The van der Waals surface area contributed by atoms with Crippen molar-refractivity contribution < 1.29 is 9.53 Å². The Kier molecular flexibility index (Phi) is 3.65. The number of hydrogen-bond donors (Lipinski definition) is 0. The highest BCUT2D eigenvalue weighted by atomic mass is 35.5.